The maximum absolute atomic E-state index is 12.0. The predicted molar refractivity (Wildman–Crippen MR) is 78.9 cm³/mol. The molecule has 0 saturated heterocycles. The van der Waals surface area contributed by atoms with Crippen molar-refractivity contribution in [3.63, 3.8) is 0 Å². The van der Waals surface area contributed by atoms with Gasteiger partial charge in [-0.2, -0.15) is 0 Å². The molecule has 5 heteroatoms. The Morgan fingerprint density at radius 1 is 1.24 bits per heavy atom. The molecule has 0 unspecified atom stereocenters. The van der Waals surface area contributed by atoms with Crippen LogP contribution in [0.4, 0.5) is 0 Å². The first-order valence-electron chi connectivity index (χ1n) is 6.94. The second-order valence-electron chi connectivity index (χ2n) is 5.34. The van der Waals surface area contributed by atoms with Crippen molar-refractivity contribution >= 4 is 22.8 Å². The second kappa shape index (κ2) is 6.43. The normalized spacial score (nSPS) is 12.4. The molecule has 0 fully saturated rings. The lowest BCUT2D eigenvalue weighted by atomic mass is 10.2. The van der Waals surface area contributed by atoms with Crippen LogP contribution in [0.3, 0.4) is 0 Å². The van der Waals surface area contributed by atoms with E-state index in [1.807, 2.05) is 32.0 Å². The number of carbonyl (C=O) groups excluding carboxylic acids is 2. The average Bonchev–Trinajstić information content (AvgIpc) is 2.88. The summed E-state index contributed by atoms with van der Waals surface area (Å²) in [6.07, 6.45) is -0.857. The topological polar surface area (TPSA) is 68.5 Å². The zero-order valence-corrected chi connectivity index (χ0v) is 12.4. The maximum Gasteiger partial charge on any atom is 0.375 e. The minimum absolute atomic E-state index is 0.0970. The highest BCUT2D eigenvalue weighted by molar-refractivity contribution is 5.94. The molecule has 1 atom stereocenters. The van der Waals surface area contributed by atoms with Crippen LogP contribution in [0.15, 0.2) is 34.7 Å². The van der Waals surface area contributed by atoms with Crippen LogP contribution < -0.4 is 5.32 Å². The Labute approximate surface area is 123 Å². The van der Waals surface area contributed by atoms with E-state index in [1.54, 1.807) is 12.1 Å². The molecule has 21 heavy (non-hydrogen) atoms. The van der Waals surface area contributed by atoms with Crippen LogP contribution in [0.25, 0.3) is 11.0 Å². The van der Waals surface area contributed by atoms with Crippen molar-refractivity contribution in [2.24, 2.45) is 5.92 Å². The second-order valence-corrected chi connectivity index (χ2v) is 5.34. The summed E-state index contributed by atoms with van der Waals surface area (Å²) in [4.78, 5) is 23.7. The van der Waals surface area contributed by atoms with E-state index in [-0.39, 0.29) is 11.7 Å². The lowest BCUT2D eigenvalue weighted by Crippen LogP contribution is -2.37. The fourth-order valence-corrected chi connectivity index (χ4v) is 1.80. The van der Waals surface area contributed by atoms with E-state index in [0.29, 0.717) is 18.0 Å². The molecule has 0 spiro atoms. The highest BCUT2D eigenvalue weighted by Crippen LogP contribution is 2.19. The van der Waals surface area contributed by atoms with Crippen LogP contribution in [0.5, 0.6) is 0 Å². The monoisotopic (exact) mass is 289 g/mol. The lowest BCUT2D eigenvalue weighted by molar-refractivity contribution is -0.129. The molecule has 0 aliphatic rings. The number of hydrogen-bond acceptors (Lipinski definition) is 4. The molecule has 112 valence electrons. The van der Waals surface area contributed by atoms with Crippen molar-refractivity contribution in [1.82, 2.24) is 5.32 Å². The van der Waals surface area contributed by atoms with Gasteiger partial charge in [0.25, 0.3) is 5.91 Å². The fraction of sp³-hybridized carbons (Fsp3) is 0.375. The smallest absolute Gasteiger partial charge is 0.375 e. The van der Waals surface area contributed by atoms with Gasteiger partial charge in [0.2, 0.25) is 5.76 Å². The summed E-state index contributed by atoms with van der Waals surface area (Å²) in [6, 6.07) is 8.90. The Balaban J connectivity index is 1.98. The molecule has 0 bridgehead atoms. The molecular formula is C16H19NO4. The Morgan fingerprint density at radius 2 is 1.95 bits per heavy atom. The van der Waals surface area contributed by atoms with Crippen LogP contribution >= 0.6 is 0 Å². The van der Waals surface area contributed by atoms with Crippen molar-refractivity contribution in [2.45, 2.75) is 26.9 Å². The number of esters is 1. The molecule has 1 aromatic carbocycles. The van der Waals surface area contributed by atoms with Gasteiger partial charge in [0.1, 0.15) is 5.58 Å². The van der Waals surface area contributed by atoms with E-state index in [9.17, 15) is 9.59 Å². The maximum atomic E-state index is 12.0. The third-order valence-electron chi connectivity index (χ3n) is 2.96. The van der Waals surface area contributed by atoms with Crippen LogP contribution in [0.1, 0.15) is 31.3 Å². The van der Waals surface area contributed by atoms with Crippen molar-refractivity contribution in [3.8, 4) is 0 Å². The first-order chi connectivity index (χ1) is 9.97. The molecule has 0 radical (unpaired) electrons. The molecule has 1 N–H and O–H groups in total. The van der Waals surface area contributed by atoms with Crippen LogP contribution in [0, 0.1) is 5.92 Å². The molecule has 0 aliphatic carbocycles. The van der Waals surface area contributed by atoms with Gasteiger partial charge in [-0.05, 0) is 25.0 Å². The number of fused-ring (bicyclic) bond motifs is 1. The number of para-hydroxylation sites is 1. The minimum atomic E-state index is -0.857. The van der Waals surface area contributed by atoms with Crippen molar-refractivity contribution in [1.29, 1.82) is 0 Å². The number of carbonyl (C=O) groups is 2. The van der Waals surface area contributed by atoms with Crippen LogP contribution in [0.2, 0.25) is 0 Å². The van der Waals surface area contributed by atoms with E-state index >= 15 is 0 Å². The zero-order valence-electron chi connectivity index (χ0n) is 12.4. The largest absolute Gasteiger partial charge is 0.449 e. The quantitative estimate of drug-likeness (QED) is 0.859. The number of ether oxygens (including phenoxy) is 1. The third-order valence-corrected chi connectivity index (χ3v) is 2.96. The molecule has 0 aliphatic heterocycles. The summed E-state index contributed by atoms with van der Waals surface area (Å²) in [6.45, 7) is 6.07. The van der Waals surface area contributed by atoms with Crippen LogP contribution in [-0.4, -0.2) is 24.5 Å². The fourth-order valence-electron chi connectivity index (χ4n) is 1.80. The first kappa shape index (κ1) is 15.1. The molecule has 2 rings (SSSR count). The highest BCUT2D eigenvalue weighted by atomic mass is 16.6. The summed E-state index contributed by atoms with van der Waals surface area (Å²) in [5.41, 5.74) is 0.612. The number of furan rings is 1. The summed E-state index contributed by atoms with van der Waals surface area (Å²) >= 11 is 0. The van der Waals surface area contributed by atoms with Gasteiger partial charge in [-0.3, -0.25) is 4.79 Å². The zero-order chi connectivity index (χ0) is 15.4. The van der Waals surface area contributed by atoms with E-state index in [1.165, 1.54) is 6.92 Å². The highest BCUT2D eigenvalue weighted by Gasteiger charge is 2.21. The lowest BCUT2D eigenvalue weighted by Gasteiger charge is -2.13. The van der Waals surface area contributed by atoms with Crippen molar-refractivity contribution < 1.29 is 18.7 Å². The predicted octanol–water partition coefficient (Wildman–Crippen LogP) is 2.75. The number of hydrogen-bond donors (Lipinski definition) is 1. The average molecular weight is 289 g/mol. The summed E-state index contributed by atoms with van der Waals surface area (Å²) < 4.78 is 10.5. The molecular weight excluding hydrogens is 270 g/mol. The van der Waals surface area contributed by atoms with Gasteiger partial charge in [-0.1, -0.05) is 32.0 Å². The Hall–Kier alpha value is -2.30. The first-order valence-corrected chi connectivity index (χ1v) is 6.94. The van der Waals surface area contributed by atoms with E-state index in [2.05, 4.69) is 5.32 Å². The Bertz CT molecular complexity index is 612. The standard InChI is InChI=1S/C16H19NO4/c1-10(2)9-17-15(18)11(3)20-16(19)14-8-12-6-4-5-7-13(12)21-14/h4-8,10-11H,9H2,1-3H3,(H,17,18)/t11-/m1/s1. The molecule has 1 aromatic heterocycles. The van der Waals surface area contributed by atoms with Gasteiger partial charge in [0.05, 0.1) is 0 Å². The molecule has 5 nitrogen and oxygen atoms in total. The van der Waals surface area contributed by atoms with E-state index in [0.717, 1.165) is 5.39 Å². The van der Waals surface area contributed by atoms with Crippen LogP contribution in [-0.2, 0) is 9.53 Å². The van der Waals surface area contributed by atoms with Gasteiger partial charge in [-0.25, -0.2) is 4.79 Å². The Morgan fingerprint density at radius 3 is 2.62 bits per heavy atom. The van der Waals surface area contributed by atoms with E-state index in [4.69, 9.17) is 9.15 Å². The molecule has 2 aromatic rings. The molecule has 1 amide bonds. The number of benzene rings is 1. The van der Waals surface area contributed by atoms with E-state index < -0.39 is 12.1 Å². The van der Waals surface area contributed by atoms with Crippen molar-refractivity contribution in [2.75, 3.05) is 6.54 Å². The Kier molecular flexibility index (Phi) is 4.62. The number of rotatable bonds is 5. The number of nitrogens with one attached hydrogen (secondary N) is 1. The van der Waals surface area contributed by atoms with Gasteiger partial charge in [0, 0.05) is 11.9 Å². The summed E-state index contributed by atoms with van der Waals surface area (Å²) in [7, 11) is 0. The minimum Gasteiger partial charge on any atom is -0.449 e. The van der Waals surface area contributed by atoms with Gasteiger partial charge >= 0.3 is 5.97 Å². The summed E-state index contributed by atoms with van der Waals surface area (Å²) in [5.74, 6) is -0.515. The summed E-state index contributed by atoms with van der Waals surface area (Å²) in [5, 5.41) is 3.54. The van der Waals surface area contributed by atoms with Gasteiger partial charge in [0.15, 0.2) is 6.10 Å². The number of amides is 1. The van der Waals surface area contributed by atoms with Crippen molar-refractivity contribution in [3.05, 3.63) is 36.1 Å². The molecule has 1 heterocycles. The molecule has 0 saturated carbocycles. The van der Waals surface area contributed by atoms with Gasteiger partial charge < -0.3 is 14.5 Å². The SMILES string of the molecule is CC(C)CNC(=O)[C@@H](C)OC(=O)c1cc2ccccc2o1. The van der Waals surface area contributed by atoms with Gasteiger partial charge in [-0.15, -0.1) is 0 Å². The third kappa shape index (κ3) is 3.84.